The molecule has 5 nitrogen and oxygen atoms in total. The van der Waals surface area contributed by atoms with Crippen molar-refractivity contribution in [3.8, 4) is 0 Å². The molecule has 0 unspecified atom stereocenters. The maximum Gasteiger partial charge on any atom is 0.191 e. The van der Waals surface area contributed by atoms with E-state index in [1.54, 1.807) is 0 Å². The maximum atomic E-state index is 4.36. The van der Waals surface area contributed by atoms with Gasteiger partial charge in [0.2, 0.25) is 0 Å². The molecule has 1 aliphatic rings. The molecule has 0 aliphatic heterocycles. The Morgan fingerprint density at radius 3 is 2.58 bits per heavy atom. The van der Waals surface area contributed by atoms with Gasteiger partial charge in [0.25, 0.3) is 0 Å². The highest BCUT2D eigenvalue weighted by atomic mass is 127. The van der Waals surface area contributed by atoms with E-state index < -0.39 is 0 Å². The van der Waals surface area contributed by atoms with Gasteiger partial charge in [0, 0.05) is 40.4 Å². The minimum absolute atomic E-state index is 0. The highest BCUT2D eigenvalue weighted by molar-refractivity contribution is 14.0. The number of nitrogens with one attached hydrogen (secondary N) is 2. The molecule has 2 rings (SSSR count). The number of guanidine groups is 1. The van der Waals surface area contributed by atoms with Crippen molar-refractivity contribution < 1.29 is 0 Å². The van der Waals surface area contributed by atoms with Crippen molar-refractivity contribution in [2.24, 2.45) is 10.4 Å². The zero-order valence-electron chi connectivity index (χ0n) is 15.4. The lowest BCUT2D eigenvalue weighted by atomic mass is 9.83. The van der Waals surface area contributed by atoms with E-state index in [1.165, 1.54) is 37.7 Å². The van der Waals surface area contributed by atoms with Gasteiger partial charge in [-0.05, 0) is 42.4 Å². The van der Waals surface area contributed by atoms with E-state index in [9.17, 15) is 0 Å². The molecule has 1 fully saturated rings. The molecule has 1 aromatic heterocycles. The number of pyridine rings is 1. The van der Waals surface area contributed by atoms with Gasteiger partial charge in [-0.15, -0.1) is 24.0 Å². The number of halogens is 1. The van der Waals surface area contributed by atoms with Crippen LogP contribution in [0.4, 0.5) is 5.82 Å². The molecule has 6 heteroatoms. The molecule has 1 heterocycles. The third-order valence-electron chi connectivity index (χ3n) is 5.00. The Bertz CT molecular complexity index is 524. The van der Waals surface area contributed by atoms with Crippen molar-refractivity contribution in [3.63, 3.8) is 0 Å². The minimum Gasteiger partial charge on any atom is -0.363 e. The van der Waals surface area contributed by atoms with Crippen molar-refractivity contribution in [2.45, 2.75) is 45.6 Å². The summed E-state index contributed by atoms with van der Waals surface area (Å²) in [5.41, 5.74) is 1.67. The SMILES string of the molecule is CCC1(CNC(=NC)NCc2ccnc(N(C)C)c2)CCCC1.I. The summed E-state index contributed by atoms with van der Waals surface area (Å²) in [5, 5.41) is 6.93. The first-order valence-electron chi connectivity index (χ1n) is 8.65. The summed E-state index contributed by atoms with van der Waals surface area (Å²) in [6, 6.07) is 4.14. The van der Waals surface area contributed by atoms with Gasteiger partial charge in [0.15, 0.2) is 5.96 Å². The van der Waals surface area contributed by atoms with Crippen LogP contribution in [0.1, 0.15) is 44.6 Å². The van der Waals surface area contributed by atoms with Crippen molar-refractivity contribution in [3.05, 3.63) is 23.9 Å². The molecule has 0 spiro atoms. The summed E-state index contributed by atoms with van der Waals surface area (Å²) in [5.74, 6) is 1.86. The summed E-state index contributed by atoms with van der Waals surface area (Å²) in [6.45, 7) is 4.08. The van der Waals surface area contributed by atoms with Crippen LogP contribution in [-0.4, -0.2) is 38.6 Å². The van der Waals surface area contributed by atoms with Crippen molar-refractivity contribution >= 4 is 35.8 Å². The lowest BCUT2D eigenvalue weighted by molar-refractivity contribution is 0.283. The van der Waals surface area contributed by atoms with Crippen LogP contribution in [0.5, 0.6) is 0 Å². The predicted octanol–water partition coefficient (Wildman–Crippen LogP) is 3.40. The Morgan fingerprint density at radius 1 is 1.29 bits per heavy atom. The quantitative estimate of drug-likeness (QED) is 0.401. The third-order valence-corrected chi connectivity index (χ3v) is 5.00. The number of nitrogens with zero attached hydrogens (tertiary/aromatic N) is 3. The molecule has 1 aromatic rings. The third kappa shape index (κ3) is 5.79. The largest absolute Gasteiger partial charge is 0.363 e. The van der Waals surface area contributed by atoms with Gasteiger partial charge in [0.05, 0.1) is 0 Å². The molecule has 0 atom stereocenters. The van der Waals surface area contributed by atoms with Crippen LogP contribution in [0.25, 0.3) is 0 Å². The molecule has 0 saturated heterocycles. The number of aromatic nitrogens is 1. The van der Waals surface area contributed by atoms with E-state index in [2.05, 4.69) is 33.6 Å². The van der Waals surface area contributed by atoms with Crippen molar-refractivity contribution in [1.82, 2.24) is 15.6 Å². The van der Waals surface area contributed by atoms with Crippen LogP contribution in [0, 0.1) is 5.41 Å². The second-order valence-electron chi connectivity index (χ2n) is 6.76. The molecular formula is C18H32IN5. The molecule has 1 aliphatic carbocycles. The molecule has 0 aromatic carbocycles. The average molecular weight is 445 g/mol. The van der Waals surface area contributed by atoms with Gasteiger partial charge < -0.3 is 15.5 Å². The Morgan fingerprint density at radius 2 is 2.00 bits per heavy atom. The van der Waals surface area contributed by atoms with Crippen LogP contribution >= 0.6 is 24.0 Å². The zero-order chi connectivity index (χ0) is 16.7. The Labute approximate surface area is 163 Å². The molecule has 0 bridgehead atoms. The van der Waals surface area contributed by atoms with Gasteiger partial charge >= 0.3 is 0 Å². The summed E-state index contributed by atoms with van der Waals surface area (Å²) in [4.78, 5) is 10.7. The zero-order valence-corrected chi connectivity index (χ0v) is 17.8. The van der Waals surface area contributed by atoms with E-state index in [-0.39, 0.29) is 24.0 Å². The summed E-state index contributed by atoms with van der Waals surface area (Å²) in [6.07, 6.45) is 8.51. The maximum absolute atomic E-state index is 4.36. The van der Waals surface area contributed by atoms with E-state index in [4.69, 9.17) is 0 Å². The topological polar surface area (TPSA) is 52.6 Å². The minimum atomic E-state index is 0. The van der Waals surface area contributed by atoms with Crippen LogP contribution in [0.15, 0.2) is 23.3 Å². The van der Waals surface area contributed by atoms with Gasteiger partial charge in [-0.1, -0.05) is 19.8 Å². The van der Waals surface area contributed by atoms with E-state index in [1.807, 2.05) is 38.3 Å². The number of anilines is 1. The second kappa shape index (κ2) is 10.1. The lowest BCUT2D eigenvalue weighted by Crippen LogP contribution is -2.42. The standard InChI is InChI=1S/C18H31N5.HI/c1-5-18(9-6-7-10-18)14-22-17(19-2)21-13-15-8-11-20-16(12-15)23(3)4;/h8,11-12H,5-7,9-10,13-14H2,1-4H3,(H2,19,21,22);1H. The Hall–Kier alpha value is -1.05. The second-order valence-corrected chi connectivity index (χ2v) is 6.76. The highest BCUT2D eigenvalue weighted by Gasteiger charge is 2.31. The summed E-state index contributed by atoms with van der Waals surface area (Å²) >= 11 is 0. The highest BCUT2D eigenvalue weighted by Crippen LogP contribution is 2.40. The molecule has 1 saturated carbocycles. The number of hydrogen-bond donors (Lipinski definition) is 2. The van der Waals surface area contributed by atoms with E-state index in [0.717, 1.165) is 24.9 Å². The molecule has 2 N–H and O–H groups in total. The number of rotatable bonds is 6. The molecule has 24 heavy (non-hydrogen) atoms. The van der Waals surface area contributed by atoms with E-state index >= 15 is 0 Å². The van der Waals surface area contributed by atoms with E-state index in [0.29, 0.717) is 5.41 Å². The predicted molar refractivity (Wildman–Crippen MR) is 113 cm³/mol. The van der Waals surface area contributed by atoms with Crippen molar-refractivity contribution in [1.29, 1.82) is 0 Å². The average Bonchev–Trinajstić information content (AvgIpc) is 3.05. The Kier molecular flexibility index (Phi) is 8.80. The molecule has 0 amide bonds. The first-order chi connectivity index (χ1) is 11.1. The van der Waals surface area contributed by atoms with Gasteiger partial charge in [-0.25, -0.2) is 4.98 Å². The lowest BCUT2D eigenvalue weighted by Gasteiger charge is -2.28. The van der Waals surface area contributed by atoms with Crippen LogP contribution in [-0.2, 0) is 6.54 Å². The fraction of sp³-hybridized carbons (Fsp3) is 0.667. The molecular weight excluding hydrogens is 413 g/mol. The van der Waals surface area contributed by atoms with Crippen LogP contribution < -0.4 is 15.5 Å². The summed E-state index contributed by atoms with van der Waals surface area (Å²) in [7, 11) is 5.85. The first kappa shape index (κ1) is 21.0. The molecule has 136 valence electrons. The van der Waals surface area contributed by atoms with Crippen molar-refractivity contribution in [2.75, 3.05) is 32.6 Å². The number of hydrogen-bond acceptors (Lipinski definition) is 3. The van der Waals surface area contributed by atoms with Gasteiger partial charge in [-0.2, -0.15) is 0 Å². The van der Waals surface area contributed by atoms with Crippen LogP contribution in [0.2, 0.25) is 0 Å². The number of aliphatic imine (C=N–C) groups is 1. The smallest absolute Gasteiger partial charge is 0.191 e. The van der Waals surface area contributed by atoms with Gasteiger partial charge in [0.1, 0.15) is 5.82 Å². The normalized spacial score (nSPS) is 16.4. The molecule has 0 radical (unpaired) electrons. The fourth-order valence-corrected chi connectivity index (χ4v) is 3.27. The first-order valence-corrected chi connectivity index (χ1v) is 8.65. The van der Waals surface area contributed by atoms with Crippen LogP contribution in [0.3, 0.4) is 0 Å². The fourth-order valence-electron chi connectivity index (χ4n) is 3.27. The van der Waals surface area contributed by atoms with Gasteiger partial charge in [-0.3, -0.25) is 4.99 Å². The monoisotopic (exact) mass is 445 g/mol. The summed E-state index contributed by atoms with van der Waals surface area (Å²) < 4.78 is 0. The Balaban J connectivity index is 0.00000288.